The summed E-state index contributed by atoms with van der Waals surface area (Å²) in [7, 11) is 0. The fourth-order valence-corrected chi connectivity index (χ4v) is 3.07. The van der Waals surface area contributed by atoms with Gasteiger partial charge in [0.2, 0.25) is 0 Å². The van der Waals surface area contributed by atoms with E-state index in [1.54, 1.807) is 0 Å². The summed E-state index contributed by atoms with van der Waals surface area (Å²) in [6, 6.07) is 17.0. The predicted octanol–water partition coefficient (Wildman–Crippen LogP) is 4.51. The number of rotatable bonds is 6. The van der Waals surface area contributed by atoms with Crippen LogP contribution in [0.15, 0.2) is 54.6 Å². The molecular weight excluding hydrogens is 314 g/mol. The monoisotopic (exact) mass is 339 g/mol. The summed E-state index contributed by atoms with van der Waals surface area (Å²) in [6.45, 7) is 4.08. The summed E-state index contributed by atoms with van der Waals surface area (Å²) in [5, 5.41) is 0. The molecule has 0 aromatic heterocycles. The van der Waals surface area contributed by atoms with Gasteiger partial charge in [0.05, 0.1) is 11.7 Å². The van der Waals surface area contributed by atoms with Crippen LogP contribution in [0.5, 0.6) is 11.5 Å². The molecule has 1 fully saturated rings. The molecule has 4 nitrogen and oxygen atoms in total. The highest BCUT2D eigenvalue weighted by Crippen LogP contribution is 2.26. The first-order chi connectivity index (χ1) is 12.3. The van der Waals surface area contributed by atoms with Gasteiger partial charge >= 0.3 is 0 Å². The van der Waals surface area contributed by atoms with Crippen molar-refractivity contribution in [2.24, 2.45) is 0 Å². The highest BCUT2D eigenvalue weighted by Gasteiger charge is 2.23. The molecule has 4 heteroatoms. The largest absolute Gasteiger partial charge is 0.457 e. The van der Waals surface area contributed by atoms with Crippen LogP contribution in [0.3, 0.4) is 0 Å². The molecule has 132 valence electrons. The van der Waals surface area contributed by atoms with Crippen LogP contribution in [0.25, 0.3) is 0 Å². The fraction of sp³-hybridized carbons (Fsp3) is 0.381. The molecule has 0 spiro atoms. The molecule has 0 aliphatic carbocycles. The molecule has 0 N–H and O–H groups in total. The van der Waals surface area contributed by atoms with Crippen LogP contribution in [-0.2, 0) is 4.74 Å². The van der Waals surface area contributed by atoms with E-state index in [0.29, 0.717) is 24.4 Å². The van der Waals surface area contributed by atoms with Crippen LogP contribution < -0.4 is 4.74 Å². The minimum Gasteiger partial charge on any atom is -0.457 e. The van der Waals surface area contributed by atoms with E-state index in [2.05, 4.69) is 0 Å². The van der Waals surface area contributed by atoms with E-state index in [9.17, 15) is 4.79 Å². The van der Waals surface area contributed by atoms with Gasteiger partial charge in [-0.2, -0.15) is 0 Å². The predicted molar refractivity (Wildman–Crippen MR) is 98.1 cm³/mol. The molecule has 1 aliphatic rings. The van der Waals surface area contributed by atoms with Gasteiger partial charge in [-0.05, 0) is 50.5 Å². The molecular formula is C21H25NO3. The van der Waals surface area contributed by atoms with Crippen LogP contribution >= 0.6 is 0 Å². The number of nitrogens with zero attached hydrogens (tertiary/aromatic N) is 1. The lowest BCUT2D eigenvalue weighted by Gasteiger charge is -2.29. The lowest BCUT2D eigenvalue weighted by atomic mass is 10.1. The van der Waals surface area contributed by atoms with E-state index in [4.69, 9.17) is 9.47 Å². The van der Waals surface area contributed by atoms with Crippen molar-refractivity contribution in [3.8, 4) is 11.5 Å². The Morgan fingerprint density at radius 1 is 1.12 bits per heavy atom. The van der Waals surface area contributed by atoms with Gasteiger partial charge in [-0.25, -0.2) is 0 Å². The molecule has 1 aliphatic heterocycles. The highest BCUT2D eigenvalue weighted by atomic mass is 16.5. The molecule has 1 amide bonds. The highest BCUT2D eigenvalue weighted by molar-refractivity contribution is 5.97. The number of amides is 1. The number of likely N-dealkylation sites (N-methyl/N-ethyl adjacent to an activating group) is 1. The lowest BCUT2D eigenvalue weighted by molar-refractivity contribution is -0.00316. The molecule has 3 rings (SSSR count). The maximum absolute atomic E-state index is 13.1. The van der Waals surface area contributed by atoms with Crippen molar-refractivity contribution in [2.45, 2.75) is 32.3 Å². The summed E-state index contributed by atoms with van der Waals surface area (Å²) in [6.07, 6.45) is 3.44. The van der Waals surface area contributed by atoms with E-state index in [0.717, 1.165) is 25.2 Å². The van der Waals surface area contributed by atoms with Crippen molar-refractivity contribution < 1.29 is 14.3 Å². The number of benzene rings is 2. The standard InChI is InChI=1S/C21H25NO3/c1-2-22(16-18-12-8-9-15-24-18)21(23)19-13-6-7-14-20(19)25-17-10-4-3-5-11-17/h3-7,10-11,13-14,18H,2,8-9,12,15-16H2,1H3/t18-/m0/s1. The first-order valence-corrected chi connectivity index (χ1v) is 9.00. The Bertz CT molecular complexity index is 681. The molecule has 2 aromatic rings. The summed E-state index contributed by atoms with van der Waals surface area (Å²) < 4.78 is 11.7. The summed E-state index contributed by atoms with van der Waals surface area (Å²) in [4.78, 5) is 14.9. The minimum atomic E-state index is -0.0109. The Hall–Kier alpha value is -2.33. The van der Waals surface area contributed by atoms with Gasteiger partial charge in [-0.1, -0.05) is 30.3 Å². The minimum absolute atomic E-state index is 0.0109. The molecule has 1 saturated heterocycles. The summed E-state index contributed by atoms with van der Waals surface area (Å²) in [5.74, 6) is 1.30. The first kappa shape index (κ1) is 17.5. The number of ether oxygens (including phenoxy) is 2. The van der Waals surface area contributed by atoms with Crippen molar-refractivity contribution in [2.75, 3.05) is 19.7 Å². The van der Waals surface area contributed by atoms with Crippen molar-refractivity contribution in [1.82, 2.24) is 4.90 Å². The Morgan fingerprint density at radius 3 is 2.60 bits per heavy atom. The fourth-order valence-electron chi connectivity index (χ4n) is 3.07. The lowest BCUT2D eigenvalue weighted by Crippen LogP contribution is -2.39. The number of carbonyl (C=O) groups excluding carboxylic acids is 1. The molecule has 0 unspecified atom stereocenters. The second-order valence-corrected chi connectivity index (χ2v) is 6.24. The van der Waals surface area contributed by atoms with Crippen LogP contribution in [0, 0.1) is 0 Å². The zero-order valence-electron chi connectivity index (χ0n) is 14.7. The SMILES string of the molecule is CCN(C[C@@H]1CCCCO1)C(=O)c1ccccc1Oc1ccccc1. The molecule has 1 heterocycles. The van der Waals surface area contributed by atoms with E-state index < -0.39 is 0 Å². The molecule has 2 aromatic carbocycles. The van der Waals surface area contributed by atoms with E-state index in [1.807, 2.05) is 66.4 Å². The van der Waals surface area contributed by atoms with Crippen molar-refractivity contribution in [1.29, 1.82) is 0 Å². The van der Waals surface area contributed by atoms with Gasteiger partial charge in [0.15, 0.2) is 0 Å². The average molecular weight is 339 g/mol. The van der Waals surface area contributed by atoms with Gasteiger partial charge < -0.3 is 14.4 Å². The zero-order valence-corrected chi connectivity index (χ0v) is 14.7. The molecule has 25 heavy (non-hydrogen) atoms. The average Bonchev–Trinajstić information content (AvgIpc) is 2.68. The van der Waals surface area contributed by atoms with E-state index in [-0.39, 0.29) is 12.0 Å². The quantitative estimate of drug-likeness (QED) is 0.777. The third-order valence-corrected chi connectivity index (χ3v) is 4.46. The summed E-state index contributed by atoms with van der Waals surface area (Å²) in [5.41, 5.74) is 0.587. The smallest absolute Gasteiger partial charge is 0.257 e. The van der Waals surface area contributed by atoms with Gasteiger partial charge in [0.25, 0.3) is 5.91 Å². The van der Waals surface area contributed by atoms with Crippen molar-refractivity contribution in [3.63, 3.8) is 0 Å². The van der Waals surface area contributed by atoms with Crippen LogP contribution in [0.4, 0.5) is 0 Å². The van der Waals surface area contributed by atoms with E-state index in [1.165, 1.54) is 6.42 Å². The number of hydrogen-bond acceptors (Lipinski definition) is 3. The van der Waals surface area contributed by atoms with Gasteiger partial charge in [0.1, 0.15) is 11.5 Å². The first-order valence-electron chi connectivity index (χ1n) is 9.00. The Kier molecular flexibility index (Phi) is 6.07. The number of para-hydroxylation sites is 2. The van der Waals surface area contributed by atoms with Crippen LogP contribution in [-0.4, -0.2) is 36.6 Å². The van der Waals surface area contributed by atoms with Gasteiger partial charge in [-0.15, -0.1) is 0 Å². The third-order valence-electron chi connectivity index (χ3n) is 4.46. The molecule has 0 bridgehead atoms. The number of carbonyl (C=O) groups is 1. The second-order valence-electron chi connectivity index (χ2n) is 6.24. The van der Waals surface area contributed by atoms with Crippen molar-refractivity contribution >= 4 is 5.91 Å². The Balaban J connectivity index is 1.76. The zero-order chi connectivity index (χ0) is 17.5. The van der Waals surface area contributed by atoms with Gasteiger partial charge in [-0.3, -0.25) is 4.79 Å². The van der Waals surface area contributed by atoms with Crippen LogP contribution in [0.1, 0.15) is 36.5 Å². The maximum Gasteiger partial charge on any atom is 0.257 e. The van der Waals surface area contributed by atoms with Gasteiger partial charge in [0, 0.05) is 19.7 Å². The van der Waals surface area contributed by atoms with E-state index >= 15 is 0 Å². The second kappa shape index (κ2) is 8.67. The summed E-state index contributed by atoms with van der Waals surface area (Å²) >= 11 is 0. The van der Waals surface area contributed by atoms with Crippen LogP contribution in [0.2, 0.25) is 0 Å². The molecule has 0 saturated carbocycles. The Morgan fingerprint density at radius 2 is 1.88 bits per heavy atom. The third kappa shape index (κ3) is 4.60. The Labute approximate surface area is 149 Å². The molecule has 0 radical (unpaired) electrons. The van der Waals surface area contributed by atoms with Crippen molar-refractivity contribution in [3.05, 3.63) is 60.2 Å². The topological polar surface area (TPSA) is 38.8 Å². The maximum atomic E-state index is 13.1. The normalized spacial score (nSPS) is 17.1. The molecule has 1 atom stereocenters. The number of hydrogen-bond donors (Lipinski definition) is 0.